The molecule has 0 spiro atoms. The average molecular weight is 479 g/mol. The molecule has 1 fully saturated rings. The van der Waals surface area contributed by atoms with Gasteiger partial charge in [-0.15, -0.1) is 0 Å². The monoisotopic (exact) mass is 478 g/mol. The molecule has 166 valence electrons. The van der Waals surface area contributed by atoms with Gasteiger partial charge in [-0.1, -0.05) is 42.1 Å². The van der Waals surface area contributed by atoms with Crippen molar-refractivity contribution in [3.63, 3.8) is 0 Å². The molecule has 0 atom stereocenters. The number of furan rings is 1. The molecule has 0 unspecified atom stereocenters. The smallest absolute Gasteiger partial charge is 0.338 e. The number of esters is 1. The number of hydrogen-bond donors (Lipinski definition) is 1. The summed E-state index contributed by atoms with van der Waals surface area (Å²) in [6, 6.07) is 18.9. The summed E-state index contributed by atoms with van der Waals surface area (Å²) in [5.41, 5.74) is 4.07. The number of hydrogen-bond acceptors (Lipinski definition) is 7. The molecule has 0 radical (unpaired) electrons. The van der Waals surface area contributed by atoms with Crippen molar-refractivity contribution in [2.45, 2.75) is 6.92 Å². The van der Waals surface area contributed by atoms with Crippen LogP contribution in [0.3, 0.4) is 0 Å². The van der Waals surface area contributed by atoms with Crippen LogP contribution in [0.1, 0.15) is 33.4 Å². The van der Waals surface area contributed by atoms with Crippen LogP contribution in [0.4, 0.5) is 0 Å². The molecular formula is C24H18N2O5S2. The van der Waals surface area contributed by atoms with Crippen molar-refractivity contribution in [2.75, 3.05) is 6.61 Å². The zero-order valence-electron chi connectivity index (χ0n) is 17.4. The standard InChI is InChI=1S/C24H18N2O5S2/c1-2-30-23(29)17-10-6-9-16(13-17)19-12-11-18(31-19)14-20-22(28)26(24(32)33-20)25-21(27)15-7-4-3-5-8-15/h3-14H,2H2,1H3,(H,25,27). The molecule has 9 heteroatoms. The average Bonchev–Trinajstić information content (AvgIpc) is 3.40. The highest BCUT2D eigenvalue weighted by Crippen LogP contribution is 2.33. The summed E-state index contributed by atoms with van der Waals surface area (Å²) in [5.74, 6) is -0.333. The Bertz CT molecular complexity index is 1270. The van der Waals surface area contributed by atoms with E-state index in [2.05, 4.69) is 5.43 Å². The molecule has 2 aromatic carbocycles. The van der Waals surface area contributed by atoms with Gasteiger partial charge in [-0.25, -0.2) is 4.79 Å². The van der Waals surface area contributed by atoms with E-state index in [4.69, 9.17) is 21.4 Å². The molecule has 0 saturated carbocycles. The van der Waals surface area contributed by atoms with E-state index in [1.165, 1.54) is 0 Å². The summed E-state index contributed by atoms with van der Waals surface area (Å²) in [5, 5.41) is 1.05. The minimum absolute atomic E-state index is 0.212. The Morgan fingerprint density at radius 2 is 1.85 bits per heavy atom. The van der Waals surface area contributed by atoms with Crippen LogP contribution < -0.4 is 5.43 Å². The van der Waals surface area contributed by atoms with E-state index in [0.717, 1.165) is 16.8 Å². The number of rotatable bonds is 6. The first-order chi connectivity index (χ1) is 16.0. The lowest BCUT2D eigenvalue weighted by molar-refractivity contribution is -0.123. The van der Waals surface area contributed by atoms with Crippen molar-refractivity contribution >= 4 is 52.2 Å². The van der Waals surface area contributed by atoms with E-state index < -0.39 is 17.8 Å². The maximum atomic E-state index is 12.8. The maximum absolute atomic E-state index is 12.8. The third-order valence-corrected chi connectivity index (χ3v) is 5.90. The number of ether oxygens (including phenoxy) is 1. The molecule has 7 nitrogen and oxygen atoms in total. The minimum atomic E-state index is -0.448. The van der Waals surface area contributed by atoms with Crippen molar-refractivity contribution in [1.82, 2.24) is 10.4 Å². The van der Waals surface area contributed by atoms with Gasteiger partial charge in [0.15, 0.2) is 4.32 Å². The number of nitrogens with one attached hydrogen (secondary N) is 1. The number of amides is 2. The van der Waals surface area contributed by atoms with Crippen LogP contribution in [0.25, 0.3) is 17.4 Å². The highest BCUT2D eigenvalue weighted by atomic mass is 32.2. The quantitative estimate of drug-likeness (QED) is 0.313. The Morgan fingerprint density at radius 3 is 2.61 bits per heavy atom. The van der Waals surface area contributed by atoms with Crippen LogP contribution in [-0.4, -0.2) is 33.7 Å². The summed E-state index contributed by atoms with van der Waals surface area (Å²) in [6.07, 6.45) is 1.56. The van der Waals surface area contributed by atoms with Crippen LogP contribution >= 0.6 is 24.0 Å². The highest BCUT2D eigenvalue weighted by molar-refractivity contribution is 8.26. The number of nitrogens with zero attached hydrogens (tertiary/aromatic N) is 1. The van der Waals surface area contributed by atoms with Crippen molar-refractivity contribution in [1.29, 1.82) is 0 Å². The van der Waals surface area contributed by atoms with Crippen LogP contribution in [0, 0.1) is 0 Å². The zero-order valence-corrected chi connectivity index (χ0v) is 19.1. The summed E-state index contributed by atoms with van der Waals surface area (Å²) < 4.78 is 11.1. The zero-order chi connectivity index (χ0) is 23.4. The lowest BCUT2D eigenvalue weighted by Gasteiger charge is -2.15. The van der Waals surface area contributed by atoms with E-state index in [1.54, 1.807) is 73.7 Å². The Balaban J connectivity index is 1.50. The van der Waals surface area contributed by atoms with Crippen molar-refractivity contribution < 1.29 is 23.5 Å². The number of thiocarbonyl (C=S) groups is 1. The molecule has 3 aromatic rings. The van der Waals surface area contributed by atoms with Gasteiger partial charge in [0.05, 0.1) is 17.1 Å². The van der Waals surface area contributed by atoms with E-state index in [0.29, 0.717) is 33.1 Å². The normalized spacial score (nSPS) is 14.6. The molecule has 1 N–H and O–H groups in total. The van der Waals surface area contributed by atoms with E-state index in [-0.39, 0.29) is 10.9 Å². The fraction of sp³-hybridized carbons (Fsp3) is 0.0833. The van der Waals surface area contributed by atoms with E-state index in [9.17, 15) is 14.4 Å². The fourth-order valence-electron chi connectivity index (χ4n) is 3.05. The van der Waals surface area contributed by atoms with Gasteiger partial charge in [0.2, 0.25) is 0 Å². The van der Waals surface area contributed by atoms with Crippen molar-refractivity contribution in [2.24, 2.45) is 0 Å². The second-order valence-corrected chi connectivity index (χ2v) is 8.50. The lowest BCUT2D eigenvalue weighted by Crippen LogP contribution is -2.44. The third kappa shape index (κ3) is 5.05. The molecule has 1 aliphatic rings. The first kappa shape index (κ1) is 22.5. The van der Waals surface area contributed by atoms with Gasteiger partial charge < -0.3 is 9.15 Å². The van der Waals surface area contributed by atoms with Gasteiger partial charge in [-0.05, 0) is 55.5 Å². The molecule has 1 saturated heterocycles. The molecule has 0 bridgehead atoms. The second kappa shape index (κ2) is 9.85. The largest absolute Gasteiger partial charge is 0.462 e. The SMILES string of the molecule is CCOC(=O)c1cccc(-c2ccc(C=C3SC(=S)N(NC(=O)c4ccccc4)C3=O)o2)c1. The van der Waals surface area contributed by atoms with Gasteiger partial charge in [-0.3, -0.25) is 15.0 Å². The maximum Gasteiger partial charge on any atom is 0.338 e. The predicted molar refractivity (Wildman–Crippen MR) is 129 cm³/mol. The molecule has 0 aliphatic carbocycles. The molecule has 2 amide bonds. The molecule has 33 heavy (non-hydrogen) atoms. The first-order valence-corrected chi connectivity index (χ1v) is 11.2. The minimum Gasteiger partial charge on any atom is -0.462 e. The van der Waals surface area contributed by atoms with Gasteiger partial charge in [0.1, 0.15) is 11.5 Å². The molecular weight excluding hydrogens is 460 g/mol. The van der Waals surface area contributed by atoms with Crippen molar-refractivity contribution in [3.05, 3.63) is 88.5 Å². The second-order valence-electron chi connectivity index (χ2n) is 6.83. The first-order valence-electron chi connectivity index (χ1n) is 9.97. The fourth-order valence-corrected chi connectivity index (χ4v) is 4.21. The molecule has 4 rings (SSSR count). The molecule has 1 aromatic heterocycles. The number of benzene rings is 2. The van der Waals surface area contributed by atoms with Gasteiger partial charge in [0, 0.05) is 17.2 Å². The van der Waals surface area contributed by atoms with E-state index >= 15 is 0 Å². The van der Waals surface area contributed by atoms with Crippen LogP contribution in [0.5, 0.6) is 0 Å². The van der Waals surface area contributed by atoms with Gasteiger partial charge >= 0.3 is 5.97 Å². The van der Waals surface area contributed by atoms with Gasteiger partial charge in [-0.2, -0.15) is 5.01 Å². The Morgan fingerprint density at radius 1 is 1.09 bits per heavy atom. The number of thioether (sulfide) groups is 1. The number of hydrazine groups is 1. The third-order valence-electron chi connectivity index (χ3n) is 4.60. The summed E-state index contributed by atoms with van der Waals surface area (Å²) in [7, 11) is 0. The summed E-state index contributed by atoms with van der Waals surface area (Å²) in [4.78, 5) is 37.5. The topological polar surface area (TPSA) is 88.9 Å². The van der Waals surface area contributed by atoms with Crippen molar-refractivity contribution in [3.8, 4) is 11.3 Å². The Hall–Kier alpha value is -3.69. The van der Waals surface area contributed by atoms with E-state index in [1.807, 2.05) is 6.07 Å². The van der Waals surface area contributed by atoms with Gasteiger partial charge in [0.25, 0.3) is 11.8 Å². The van der Waals surface area contributed by atoms with Crippen LogP contribution in [0.2, 0.25) is 0 Å². The summed E-state index contributed by atoms with van der Waals surface area (Å²) in [6.45, 7) is 2.04. The number of carbonyl (C=O) groups is 3. The lowest BCUT2D eigenvalue weighted by atomic mass is 10.1. The highest BCUT2D eigenvalue weighted by Gasteiger charge is 2.34. The Labute approximate surface area is 199 Å². The Kier molecular flexibility index (Phi) is 6.71. The summed E-state index contributed by atoms with van der Waals surface area (Å²) >= 11 is 6.32. The number of carbonyl (C=O) groups excluding carboxylic acids is 3. The van der Waals surface area contributed by atoms with Crippen LogP contribution in [0.15, 0.2) is 76.1 Å². The van der Waals surface area contributed by atoms with Crippen LogP contribution in [-0.2, 0) is 9.53 Å². The molecule has 2 heterocycles. The molecule has 1 aliphatic heterocycles. The predicted octanol–water partition coefficient (Wildman–Crippen LogP) is 4.67.